The molecule has 0 spiro atoms. The van der Waals surface area contributed by atoms with Crippen LogP contribution in [-0.2, 0) is 11.3 Å². The maximum Gasteiger partial charge on any atom is 0.228 e. The average molecular weight is 426 g/mol. The monoisotopic (exact) mass is 425 g/mol. The molecule has 1 N–H and O–H groups in total. The molecule has 0 radical (unpaired) electrons. The fourth-order valence-electron chi connectivity index (χ4n) is 5.03. The molecule has 1 amide bonds. The van der Waals surface area contributed by atoms with Crippen molar-refractivity contribution in [3.63, 3.8) is 0 Å². The Labute approximate surface area is 184 Å². The predicted octanol–water partition coefficient (Wildman–Crippen LogP) is 4.01. The van der Waals surface area contributed by atoms with Gasteiger partial charge in [0.1, 0.15) is 11.6 Å². The first-order valence-electron chi connectivity index (χ1n) is 11.1. The van der Waals surface area contributed by atoms with Gasteiger partial charge in [0.05, 0.1) is 13.0 Å². The van der Waals surface area contributed by atoms with Gasteiger partial charge in [-0.05, 0) is 87.3 Å². The van der Waals surface area contributed by atoms with Crippen LogP contribution in [0.15, 0.2) is 48.5 Å². The second-order valence-electron chi connectivity index (χ2n) is 8.90. The number of amides is 1. The van der Waals surface area contributed by atoms with Crippen LogP contribution in [0.5, 0.6) is 5.75 Å². The highest BCUT2D eigenvalue weighted by atomic mass is 19.1. The van der Waals surface area contributed by atoms with Crippen molar-refractivity contribution in [3.05, 3.63) is 59.9 Å². The molecule has 2 aliphatic rings. The van der Waals surface area contributed by atoms with Crippen molar-refractivity contribution in [1.29, 1.82) is 0 Å². The molecule has 2 heterocycles. The van der Waals surface area contributed by atoms with Gasteiger partial charge < -0.3 is 15.0 Å². The number of rotatable bonds is 6. The minimum absolute atomic E-state index is 0.0163. The fraction of sp³-hybridized carbons (Fsp3) is 0.480. The third-order valence-electron chi connectivity index (χ3n) is 6.82. The van der Waals surface area contributed by atoms with E-state index in [4.69, 9.17) is 4.74 Å². The maximum absolute atomic E-state index is 13.1. The highest BCUT2D eigenvalue weighted by Crippen LogP contribution is 2.33. The van der Waals surface area contributed by atoms with Gasteiger partial charge in [-0.3, -0.25) is 9.69 Å². The number of carbonyl (C=O) groups excluding carboxylic acids is 1. The molecule has 2 atom stereocenters. The lowest BCUT2D eigenvalue weighted by Gasteiger charge is -2.37. The summed E-state index contributed by atoms with van der Waals surface area (Å²) >= 11 is 0. The maximum atomic E-state index is 13.1. The summed E-state index contributed by atoms with van der Waals surface area (Å²) < 4.78 is 18.3. The molecule has 0 bridgehead atoms. The number of hydrogen-bond acceptors (Lipinski definition) is 4. The number of nitrogens with one attached hydrogen (secondary N) is 1. The number of carbonyl (C=O) groups is 1. The van der Waals surface area contributed by atoms with Crippen molar-refractivity contribution in [2.24, 2.45) is 11.8 Å². The highest BCUT2D eigenvalue weighted by Gasteiger charge is 2.39. The van der Waals surface area contributed by atoms with Crippen LogP contribution in [0.2, 0.25) is 0 Å². The van der Waals surface area contributed by atoms with Crippen LogP contribution in [0.3, 0.4) is 0 Å². The Hall–Kier alpha value is -2.44. The van der Waals surface area contributed by atoms with Gasteiger partial charge in [0.25, 0.3) is 0 Å². The lowest BCUT2D eigenvalue weighted by atomic mass is 9.86. The SMILES string of the molecule is COc1ccc(CN2CCC([C@H]3C[C@@H](C(=O)Nc4ccc(F)cc4)CN3C)CC2)cc1. The third-order valence-corrected chi connectivity index (χ3v) is 6.82. The van der Waals surface area contributed by atoms with Crippen LogP contribution in [0.25, 0.3) is 0 Å². The van der Waals surface area contributed by atoms with Crippen molar-refractivity contribution >= 4 is 11.6 Å². The predicted molar refractivity (Wildman–Crippen MR) is 121 cm³/mol. The van der Waals surface area contributed by atoms with E-state index in [9.17, 15) is 9.18 Å². The zero-order valence-corrected chi connectivity index (χ0v) is 18.4. The number of benzene rings is 2. The fourth-order valence-corrected chi connectivity index (χ4v) is 5.03. The van der Waals surface area contributed by atoms with Crippen LogP contribution < -0.4 is 10.1 Å². The highest BCUT2D eigenvalue weighted by molar-refractivity contribution is 5.92. The Bertz CT molecular complexity index is 863. The van der Waals surface area contributed by atoms with Crippen molar-refractivity contribution < 1.29 is 13.9 Å². The molecular weight excluding hydrogens is 393 g/mol. The molecule has 0 aliphatic carbocycles. The summed E-state index contributed by atoms with van der Waals surface area (Å²) in [5.74, 6) is 1.25. The van der Waals surface area contributed by atoms with Crippen molar-refractivity contribution in [2.45, 2.75) is 31.8 Å². The number of hydrogen-bond donors (Lipinski definition) is 1. The largest absolute Gasteiger partial charge is 0.497 e. The topological polar surface area (TPSA) is 44.8 Å². The van der Waals surface area contributed by atoms with E-state index >= 15 is 0 Å². The first-order valence-corrected chi connectivity index (χ1v) is 11.1. The van der Waals surface area contributed by atoms with Gasteiger partial charge in [0.2, 0.25) is 5.91 Å². The number of piperidine rings is 1. The summed E-state index contributed by atoms with van der Waals surface area (Å²) in [5.41, 5.74) is 1.97. The standard InChI is InChI=1S/C25H32FN3O2/c1-28-17-20(25(30)27-22-7-5-21(26)6-8-22)15-24(28)19-11-13-29(14-12-19)16-18-3-9-23(31-2)10-4-18/h3-10,19-20,24H,11-17H2,1-2H3,(H,27,30)/t20-,24-/m1/s1. The van der Waals surface area contributed by atoms with Gasteiger partial charge in [-0.2, -0.15) is 0 Å². The normalized spacial score (nSPS) is 23.1. The van der Waals surface area contributed by atoms with Gasteiger partial charge in [-0.15, -0.1) is 0 Å². The molecule has 5 nitrogen and oxygen atoms in total. The third kappa shape index (κ3) is 5.43. The Morgan fingerprint density at radius 2 is 1.77 bits per heavy atom. The smallest absolute Gasteiger partial charge is 0.228 e. The first-order chi connectivity index (χ1) is 15.0. The summed E-state index contributed by atoms with van der Waals surface area (Å²) in [6.45, 7) is 3.94. The van der Waals surface area contributed by atoms with E-state index in [1.165, 1.54) is 17.7 Å². The number of methoxy groups -OCH3 is 1. The second-order valence-corrected chi connectivity index (χ2v) is 8.90. The van der Waals surface area contributed by atoms with E-state index in [0.717, 1.165) is 51.2 Å². The van der Waals surface area contributed by atoms with Crippen molar-refractivity contribution in [1.82, 2.24) is 9.80 Å². The molecule has 2 saturated heterocycles. The Morgan fingerprint density at radius 3 is 2.42 bits per heavy atom. The lowest BCUT2D eigenvalue weighted by Crippen LogP contribution is -2.41. The molecule has 2 aromatic rings. The summed E-state index contributed by atoms with van der Waals surface area (Å²) in [5, 5.41) is 2.95. The molecule has 31 heavy (non-hydrogen) atoms. The van der Waals surface area contributed by atoms with Crippen molar-refractivity contribution in [2.75, 3.05) is 39.1 Å². The first kappa shape index (κ1) is 21.8. The molecule has 2 fully saturated rings. The number of anilines is 1. The number of likely N-dealkylation sites (tertiary alicyclic amines) is 2. The van der Waals surface area contributed by atoms with Crippen LogP contribution >= 0.6 is 0 Å². The number of halogens is 1. The molecule has 0 unspecified atom stereocenters. The number of ether oxygens (including phenoxy) is 1. The van der Waals surface area contributed by atoms with Crippen LogP contribution in [-0.4, -0.2) is 55.5 Å². The van der Waals surface area contributed by atoms with Crippen molar-refractivity contribution in [3.8, 4) is 5.75 Å². The summed E-state index contributed by atoms with van der Waals surface area (Å²) in [6.07, 6.45) is 3.22. The Balaban J connectivity index is 1.26. The quantitative estimate of drug-likeness (QED) is 0.760. The summed E-state index contributed by atoms with van der Waals surface area (Å²) in [4.78, 5) is 17.6. The van der Waals surface area contributed by atoms with Crippen LogP contribution in [0, 0.1) is 17.7 Å². The van der Waals surface area contributed by atoms with E-state index in [2.05, 4.69) is 34.3 Å². The molecule has 2 aliphatic heterocycles. The summed E-state index contributed by atoms with van der Waals surface area (Å²) in [7, 11) is 3.83. The minimum Gasteiger partial charge on any atom is -0.497 e. The Kier molecular flexibility index (Phi) is 6.88. The van der Waals surface area contributed by atoms with E-state index in [1.54, 1.807) is 19.2 Å². The molecule has 166 valence electrons. The zero-order chi connectivity index (χ0) is 21.8. The van der Waals surface area contributed by atoms with E-state index in [0.29, 0.717) is 17.6 Å². The van der Waals surface area contributed by atoms with Crippen LogP contribution in [0.1, 0.15) is 24.8 Å². The molecule has 0 saturated carbocycles. The Morgan fingerprint density at radius 1 is 1.10 bits per heavy atom. The second kappa shape index (κ2) is 9.79. The molecule has 0 aromatic heterocycles. The van der Waals surface area contributed by atoms with E-state index in [-0.39, 0.29) is 17.6 Å². The van der Waals surface area contributed by atoms with E-state index < -0.39 is 0 Å². The van der Waals surface area contributed by atoms with Gasteiger partial charge in [-0.25, -0.2) is 4.39 Å². The number of nitrogens with zero attached hydrogens (tertiary/aromatic N) is 2. The van der Waals surface area contributed by atoms with E-state index in [1.807, 2.05) is 12.1 Å². The van der Waals surface area contributed by atoms with Crippen LogP contribution in [0.4, 0.5) is 10.1 Å². The minimum atomic E-state index is -0.294. The average Bonchev–Trinajstić information content (AvgIpc) is 3.18. The van der Waals surface area contributed by atoms with Gasteiger partial charge in [0.15, 0.2) is 0 Å². The van der Waals surface area contributed by atoms with Gasteiger partial charge >= 0.3 is 0 Å². The van der Waals surface area contributed by atoms with Gasteiger partial charge in [-0.1, -0.05) is 12.1 Å². The lowest BCUT2D eigenvalue weighted by molar-refractivity contribution is -0.119. The molecule has 6 heteroatoms. The zero-order valence-electron chi connectivity index (χ0n) is 18.4. The van der Waals surface area contributed by atoms with Gasteiger partial charge in [0, 0.05) is 24.8 Å². The molecule has 4 rings (SSSR count). The molecule has 2 aromatic carbocycles. The summed E-state index contributed by atoms with van der Waals surface area (Å²) in [6, 6.07) is 14.7. The molecular formula is C25H32FN3O2.